The van der Waals surface area contributed by atoms with E-state index < -0.39 is 19.9 Å². The van der Waals surface area contributed by atoms with Gasteiger partial charge in [-0.2, -0.15) is 0 Å². The quantitative estimate of drug-likeness (QED) is 0.672. The molecular formula is C9H20N2O4S2. The zero-order valence-corrected chi connectivity index (χ0v) is 11.8. The summed E-state index contributed by atoms with van der Waals surface area (Å²) in [7, 11) is -6.76. The number of hydrogen-bond donors (Lipinski definition) is 2. The van der Waals surface area contributed by atoms with E-state index in [1.165, 1.54) is 0 Å². The lowest BCUT2D eigenvalue weighted by Crippen LogP contribution is -2.50. The molecule has 0 bridgehead atoms. The van der Waals surface area contributed by atoms with Crippen LogP contribution in [0.2, 0.25) is 0 Å². The summed E-state index contributed by atoms with van der Waals surface area (Å²) in [4.78, 5) is 0. The minimum atomic E-state index is -3.52. The Hall–Kier alpha value is -0.180. The van der Waals surface area contributed by atoms with Crippen molar-refractivity contribution < 1.29 is 16.8 Å². The molecule has 0 aromatic heterocycles. The molecule has 1 fully saturated rings. The zero-order valence-electron chi connectivity index (χ0n) is 10.1. The molecule has 0 aromatic carbocycles. The second-order valence-corrected chi connectivity index (χ2v) is 8.78. The van der Waals surface area contributed by atoms with Crippen LogP contribution in [0.25, 0.3) is 0 Å². The van der Waals surface area contributed by atoms with Crippen LogP contribution in [0, 0.1) is 5.92 Å². The van der Waals surface area contributed by atoms with Crippen LogP contribution in [0.5, 0.6) is 0 Å². The Labute approximate surface area is 103 Å². The lowest BCUT2D eigenvalue weighted by Gasteiger charge is -2.29. The molecule has 8 heteroatoms. The molecule has 0 aromatic rings. The Morgan fingerprint density at radius 1 is 1.24 bits per heavy atom. The first-order valence-corrected chi connectivity index (χ1v) is 9.29. The molecule has 1 heterocycles. The van der Waals surface area contributed by atoms with Gasteiger partial charge >= 0.3 is 0 Å². The van der Waals surface area contributed by atoms with E-state index in [0.29, 0.717) is 6.54 Å². The fraction of sp³-hybridized carbons (Fsp3) is 1.00. The van der Waals surface area contributed by atoms with Crippen LogP contribution >= 0.6 is 0 Å². The van der Waals surface area contributed by atoms with Crippen molar-refractivity contribution in [3.63, 3.8) is 0 Å². The van der Waals surface area contributed by atoms with E-state index in [-0.39, 0.29) is 23.5 Å². The van der Waals surface area contributed by atoms with Gasteiger partial charge < -0.3 is 5.32 Å². The molecule has 1 aliphatic heterocycles. The summed E-state index contributed by atoms with van der Waals surface area (Å²) in [5.74, 6) is -0.435. The van der Waals surface area contributed by atoms with Crippen LogP contribution in [0.15, 0.2) is 0 Å². The van der Waals surface area contributed by atoms with Crippen molar-refractivity contribution in [1.82, 2.24) is 10.0 Å². The lowest BCUT2D eigenvalue weighted by atomic mass is 9.96. The maximum Gasteiger partial charge on any atom is 0.212 e. The van der Waals surface area contributed by atoms with Gasteiger partial charge in [0.25, 0.3) is 0 Å². The Bertz CT molecular complexity index is 444. The second kappa shape index (κ2) is 5.64. The Balaban J connectivity index is 2.54. The van der Waals surface area contributed by atoms with Crippen LogP contribution < -0.4 is 10.0 Å². The highest BCUT2D eigenvalue weighted by Crippen LogP contribution is 2.12. The van der Waals surface area contributed by atoms with Crippen molar-refractivity contribution in [2.45, 2.75) is 19.4 Å². The van der Waals surface area contributed by atoms with Gasteiger partial charge in [0.05, 0.1) is 11.5 Å². The van der Waals surface area contributed by atoms with Crippen LogP contribution in [0.3, 0.4) is 0 Å². The fourth-order valence-electron chi connectivity index (χ4n) is 1.70. The molecule has 102 valence electrons. The van der Waals surface area contributed by atoms with E-state index >= 15 is 0 Å². The Kier molecular flexibility index (Phi) is 4.94. The van der Waals surface area contributed by atoms with E-state index in [1.54, 1.807) is 0 Å². The van der Waals surface area contributed by atoms with E-state index in [4.69, 9.17) is 0 Å². The summed E-state index contributed by atoms with van der Waals surface area (Å²) >= 11 is 0. The van der Waals surface area contributed by atoms with Gasteiger partial charge in [0.15, 0.2) is 0 Å². The van der Waals surface area contributed by atoms with Crippen molar-refractivity contribution in [2.75, 3.05) is 30.9 Å². The molecule has 1 saturated heterocycles. The molecule has 2 N–H and O–H groups in total. The average molecular weight is 284 g/mol. The Morgan fingerprint density at radius 3 is 2.41 bits per heavy atom. The highest BCUT2D eigenvalue weighted by Gasteiger charge is 2.26. The summed E-state index contributed by atoms with van der Waals surface area (Å²) in [5.41, 5.74) is 0. The van der Waals surface area contributed by atoms with Crippen molar-refractivity contribution >= 4 is 19.9 Å². The van der Waals surface area contributed by atoms with Crippen LogP contribution in [0.4, 0.5) is 0 Å². The summed E-state index contributed by atoms with van der Waals surface area (Å²) in [5, 5.41) is 3.11. The predicted octanol–water partition coefficient (Wildman–Crippen LogP) is -1.05. The lowest BCUT2D eigenvalue weighted by molar-refractivity contribution is 0.327. The molecule has 0 radical (unpaired) electrons. The fourth-order valence-corrected chi connectivity index (χ4v) is 4.68. The molecule has 2 atom stereocenters. The third-order valence-electron chi connectivity index (χ3n) is 2.88. The van der Waals surface area contributed by atoms with E-state index in [2.05, 4.69) is 10.0 Å². The van der Waals surface area contributed by atoms with Crippen LogP contribution in [-0.4, -0.2) is 53.7 Å². The van der Waals surface area contributed by atoms with Crippen molar-refractivity contribution in [3.05, 3.63) is 0 Å². The topological polar surface area (TPSA) is 92.3 Å². The maximum absolute atomic E-state index is 11.7. The van der Waals surface area contributed by atoms with Crippen LogP contribution in [0.1, 0.15) is 13.3 Å². The van der Waals surface area contributed by atoms with Gasteiger partial charge in [0.1, 0.15) is 9.84 Å². The van der Waals surface area contributed by atoms with Gasteiger partial charge in [0.2, 0.25) is 10.0 Å². The van der Waals surface area contributed by atoms with Crippen LogP contribution in [-0.2, 0) is 19.9 Å². The third-order valence-corrected chi connectivity index (χ3v) is 5.49. The van der Waals surface area contributed by atoms with Crippen molar-refractivity contribution in [3.8, 4) is 0 Å². The molecule has 0 amide bonds. The summed E-state index contributed by atoms with van der Waals surface area (Å²) in [6.07, 6.45) is 1.95. The van der Waals surface area contributed by atoms with Gasteiger partial charge in [0, 0.05) is 18.8 Å². The minimum Gasteiger partial charge on any atom is -0.315 e. The number of rotatable bonds is 5. The third kappa shape index (κ3) is 5.80. The van der Waals surface area contributed by atoms with Gasteiger partial charge in [-0.05, 0) is 18.9 Å². The predicted molar refractivity (Wildman–Crippen MR) is 67.1 cm³/mol. The smallest absolute Gasteiger partial charge is 0.212 e. The molecular weight excluding hydrogens is 264 g/mol. The molecule has 0 aliphatic carbocycles. The molecule has 0 unspecified atom stereocenters. The minimum absolute atomic E-state index is 0.145. The summed E-state index contributed by atoms with van der Waals surface area (Å²) < 4.78 is 47.8. The number of sulfonamides is 1. The standard InChI is InChI=1S/C9H20N2O4S2/c1-8-3-4-10-7-9(8)11-17(14,15)6-5-16(2,12)13/h8-11H,3-7H2,1-2H3/t8-,9+/m1/s1. The molecule has 6 nitrogen and oxygen atoms in total. The van der Waals surface area contributed by atoms with Gasteiger partial charge in [-0.3, -0.25) is 0 Å². The van der Waals surface area contributed by atoms with E-state index in [1.807, 2.05) is 6.92 Å². The highest BCUT2D eigenvalue weighted by molar-refractivity contribution is 7.93. The summed E-state index contributed by atoms with van der Waals surface area (Å²) in [6, 6.07) is -0.145. The van der Waals surface area contributed by atoms with Crippen molar-refractivity contribution in [2.24, 2.45) is 5.92 Å². The van der Waals surface area contributed by atoms with E-state index in [9.17, 15) is 16.8 Å². The SMILES string of the molecule is C[C@@H]1CCNC[C@@H]1NS(=O)(=O)CCS(C)(=O)=O. The van der Waals surface area contributed by atoms with Gasteiger partial charge in [-0.25, -0.2) is 21.6 Å². The van der Waals surface area contributed by atoms with E-state index in [0.717, 1.165) is 19.2 Å². The monoisotopic (exact) mass is 284 g/mol. The second-order valence-electron chi connectivity index (χ2n) is 4.64. The molecule has 1 aliphatic rings. The molecule has 17 heavy (non-hydrogen) atoms. The largest absolute Gasteiger partial charge is 0.315 e. The first-order valence-electron chi connectivity index (χ1n) is 5.58. The Morgan fingerprint density at radius 2 is 1.88 bits per heavy atom. The number of hydrogen-bond acceptors (Lipinski definition) is 5. The highest BCUT2D eigenvalue weighted by atomic mass is 32.2. The van der Waals surface area contributed by atoms with Crippen molar-refractivity contribution in [1.29, 1.82) is 0 Å². The normalized spacial score (nSPS) is 26.9. The first kappa shape index (κ1) is 14.9. The molecule has 0 spiro atoms. The molecule has 0 saturated carbocycles. The molecule has 1 rings (SSSR count). The zero-order chi connectivity index (χ0) is 13.1. The number of sulfone groups is 1. The summed E-state index contributed by atoms with van der Waals surface area (Å²) in [6.45, 7) is 3.48. The van der Waals surface area contributed by atoms with Gasteiger partial charge in [-0.1, -0.05) is 6.92 Å². The van der Waals surface area contributed by atoms with Gasteiger partial charge in [-0.15, -0.1) is 0 Å². The maximum atomic E-state index is 11.7. The number of piperidine rings is 1. The average Bonchev–Trinajstić information content (AvgIpc) is 2.18. The first-order chi connectivity index (χ1) is 7.70. The number of nitrogens with one attached hydrogen (secondary N) is 2.